The molecule has 0 rings (SSSR count). The molecule has 1 atom stereocenters. The molecular formula is C21H39F3O2. The molecule has 0 aliphatic rings. The first-order valence-corrected chi connectivity index (χ1v) is 10.6. The van der Waals surface area contributed by atoms with Gasteiger partial charge in [-0.3, -0.25) is 0 Å². The van der Waals surface area contributed by atoms with Gasteiger partial charge in [0.25, 0.3) is 0 Å². The van der Waals surface area contributed by atoms with Crippen LogP contribution in [-0.4, -0.2) is 18.8 Å². The van der Waals surface area contributed by atoms with Gasteiger partial charge in [-0.05, 0) is 12.3 Å². The normalized spacial score (nSPS) is 13.0. The number of carbonyl (C=O) groups excluding carboxylic acids is 1. The van der Waals surface area contributed by atoms with Gasteiger partial charge in [0.15, 0.2) is 0 Å². The molecule has 0 saturated heterocycles. The number of alkyl halides is 3. The molecule has 0 fully saturated rings. The molecule has 0 bridgehead atoms. The van der Waals surface area contributed by atoms with Crippen LogP contribution in [0.25, 0.3) is 0 Å². The van der Waals surface area contributed by atoms with Gasteiger partial charge < -0.3 is 4.74 Å². The van der Waals surface area contributed by atoms with Gasteiger partial charge in [-0.15, -0.1) is 0 Å². The first-order chi connectivity index (χ1) is 12.4. The molecule has 0 N–H and O–H groups in total. The molecule has 0 radical (unpaired) electrons. The average molecular weight is 381 g/mol. The molecule has 0 aromatic heterocycles. The van der Waals surface area contributed by atoms with E-state index in [4.69, 9.17) is 0 Å². The molecule has 1 unspecified atom stereocenters. The second-order valence-corrected chi connectivity index (χ2v) is 7.56. The molecule has 2 nitrogen and oxygen atoms in total. The lowest BCUT2D eigenvalue weighted by Gasteiger charge is -2.11. The Morgan fingerprint density at radius 2 is 1.19 bits per heavy atom. The van der Waals surface area contributed by atoms with Crippen LogP contribution >= 0.6 is 0 Å². The monoisotopic (exact) mass is 380 g/mol. The topological polar surface area (TPSA) is 26.3 Å². The molecule has 156 valence electrons. The van der Waals surface area contributed by atoms with E-state index in [1.807, 2.05) is 0 Å². The van der Waals surface area contributed by atoms with Crippen LogP contribution in [0.2, 0.25) is 0 Å². The van der Waals surface area contributed by atoms with E-state index in [0.29, 0.717) is 6.42 Å². The Morgan fingerprint density at radius 1 is 0.769 bits per heavy atom. The summed E-state index contributed by atoms with van der Waals surface area (Å²) in [5.41, 5.74) is 0. The Balaban J connectivity index is 3.29. The lowest BCUT2D eigenvalue weighted by Crippen LogP contribution is -2.25. The van der Waals surface area contributed by atoms with Crippen molar-refractivity contribution in [2.24, 2.45) is 5.92 Å². The van der Waals surface area contributed by atoms with Crippen LogP contribution in [0.1, 0.15) is 110 Å². The number of ether oxygens (including phenoxy) is 1. The molecule has 0 heterocycles. The average Bonchev–Trinajstić information content (AvgIpc) is 2.58. The summed E-state index contributed by atoms with van der Waals surface area (Å²) in [5.74, 6) is -1.35. The van der Waals surface area contributed by atoms with Crippen LogP contribution in [0.15, 0.2) is 0 Å². The van der Waals surface area contributed by atoms with Crippen molar-refractivity contribution in [2.45, 2.75) is 116 Å². The SMILES string of the molecule is CCCCCCCCCCCC(C)CCCCCCOC(=O)C(F)(F)F. The lowest BCUT2D eigenvalue weighted by atomic mass is 9.96. The van der Waals surface area contributed by atoms with Crippen LogP contribution in [0.4, 0.5) is 13.2 Å². The van der Waals surface area contributed by atoms with Crippen LogP contribution in [0, 0.1) is 5.92 Å². The first-order valence-electron chi connectivity index (χ1n) is 10.6. The van der Waals surface area contributed by atoms with E-state index < -0.39 is 12.1 Å². The fourth-order valence-electron chi connectivity index (χ4n) is 3.14. The highest BCUT2D eigenvalue weighted by Crippen LogP contribution is 2.19. The number of esters is 1. The molecule has 0 aliphatic heterocycles. The number of unbranched alkanes of at least 4 members (excludes halogenated alkanes) is 11. The van der Waals surface area contributed by atoms with Crippen molar-refractivity contribution in [1.82, 2.24) is 0 Å². The Hall–Kier alpha value is -0.740. The van der Waals surface area contributed by atoms with Gasteiger partial charge in [-0.2, -0.15) is 13.2 Å². The minimum absolute atomic E-state index is 0.133. The lowest BCUT2D eigenvalue weighted by molar-refractivity contribution is -0.199. The molecule has 0 aromatic carbocycles. The van der Waals surface area contributed by atoms with Gasteiger partial charge in [-0.1, -0.05) is 104 Å². The highest BCUT2D eigenvalue weighted by molar-refractivity contribution is 5.75. The standard InChI is InChI=1S/C21H39F3O2/c1-3-4-5-6-7-8-9-10-13-16-19(2)17-14-11-12-15-18-26-20(25)21(22,23)24/h19H,3-18H2,1-2H3. The van der Waals surface area contributed by atoms with Gasteiger partial charge in [0.2, 0.25) is 0 Å². The highest BCUT2D eigenvalue weighted by atomic mass is 19.4. The number of carbonyl (C=O) groups is 1. The van der Waals surface area contributed by atoms with Crippen molar-refractivity contribution in [3.63, 3.8) is 0 Å². The van der Waals surface area contributed by atoms with Crippen molar-refractivity contribution in [2.75, 3.05) is 6.61 Å². The van der Waals surface area contributed by atoms with Crippen molar-refractivity contribution in [3.05, 3.63) is 0 Å². The molecule has 0 aliphatic carbocycles. The fourth-order valence-corrected chi connectivity index (χ4v) is 3.14. The van der Waals surface area contributed by atoms with E-state index >= 15 is 0 Å². The van der Waals surface area contributed by atoms with Gasteiger partial charge in [0.05, 0.1) is 6.61 Å². The van der Waals surface area contributed by atoms with Crippen molar-refractivity contribution in [1.29, 1.82) is 0 Å². The predicted molar refractivity (Wildman–Crippen MR) is 101 cm³/mol. The van der Waals surface area contributed by atoms with E-state index in [-0.39, 0.29) is 6.61 Å². The molecule has 0 spiro atoms. The third-order valence-corrected chi connectivity index (χ3v) is 4.86. The van der Waals surface area contributed by atoms with Gasteiger partial charge in [-0.25, -0.2) is 4.79 Å². The zero-order valence-corrected chi connectivity index (χ0v) is 16.8. The summed E-state index contributed by atoms with van der Waals surface area (Å²) in [6.45, 7) is 4.40. The summed E-state index contributed by atoms with van der Waals surface area (Å²) in [7, 11) is 0. The number of hydrogen-bond acceptors (Lipinski definition) is 2. The molecule has 0 aromatic rings. The second-order valence-electron chi connectivity index (χ2n) is 7.56. The second kappa shape index (κ2) is 16.4. The van der Waals surface area contributed by atoms with Gasteiger partial charge in [0, 0.05) is 0 Å². The zero-order valence-electron chi connectivity index (χ0n) is 16.8. The van der Waals surface area contributed by atoms with Crippen molar-refractivity contribution < 1.29 is 22.7 Å². The molecule has 0 amide bonds. The minimum Gasteiger partial charge on any atom is -0.459 e. The Bertz CT molecular complexity index is 330. The maximum absolute atomic E-state index is 11.9. The van der Waals surface area contributed by atoms with Crippen LogP contribution < -0.4 is 0 Å². The third kappa shape index (κ3) is 16.7. The Kier molecular flexibility index (Phi) is 16.0. The maximum atomic E-state index is 11.9. The fraction of sp³-hybridized carbons (Fsp3) is 0.952. The summed E-state index contributed by atoms with van der Waals surface area (Å²) >= 11 is 0. The van der Waals surface area contributed by atoms with Crippen LogP contribution in [-0.2, 0) is 9.53 Å². The summed E-state index contributed by atoms with van der Waals surface area (Å²) in [6, 6.07) is 0. The summed E-state index contributed by atoms with van der Waals surface area (Å²) in [4.78, 5) is 10.5. The highest BCUT2D eigenvalue weighted by Gasteiger charge is 2.40. The van der Waals surface area contributed by atoms with Gasteiger partial charge >= 0.3 is 12.1 Å². The third-order valence-electron chi connectivity index (χ3n) is 4.86. The quantitative estimate of drug-likeness (QED) is 0.192. The largest absolute Gasteiger partial charge is 0.490 e. The summed E-state index contributed by atoms with van der Waals surface area (Å²) in [6.07, 6.45) is 13.2. The zero-order chi connectivity index (χ0) is 19.7. The van der Waals surface area contributed by atoms with E-state index in [1.54, 1.807) is 0 Å². The minimum atomic E-state index is -4.87. The maximum Gasteiger partial charge on any atom is 0.490 e. The first kappa shape index (κ1) is 25.3. The van der Waals surface area contributed by atoms with Crippen LogP contribution in [0.5, 0.6) is 0 Å². The molecule has 26 heavy (non-hydrogen) atoms. The van der Waals surface area contributed by atoms with E-state index in [1.165, 1.54) is 70.6 Å². The summed E-state index contributed by atoms with van der Waals surface area (Å²) < 4.78 is 40.0. The van der Waals surface area contributed by atoms with Crippen LogP contribution in [0.3, 0.4) is 0 Å². The van der Waals surface area contributed by atoms with E-state index in [2.05, 4.69) is 18.6 Å². The molecular weight excluding hydrogens is 341 g/mol. The Morgan fingerprint density at radius 3 is 1.65 bits per heavy atom. The smallest absolute Gasteiger partial charge is 0.459 e. The number of hydrogen-bond donors (Lipinski definition) is 0. The predicted octanol–water partition coefficient (Wildman–Crippen LogP) is 7.60. The van der Waals surface area contributed by atoms with Gasteiger partial charge in [0.1, 0.15) is 0 Å². The Labute approximate surface area is 158 Å². The van der Waals surface area contributed by atoms with E-state index in [9.17, 15) is 18.0 Å². The van der Waals surface area contributed by atoms with E-state index in [0.717, 1.165) is 25.2 Å². The number of rotatable bonds is 17. The molecule has 5 heteroatoms. The van der Waals surface area contributed by atoms with Crippen molar-refractivity contribution >= 4 is 5.97 Å². The molecule has 0 saturated carbocycles. The van der Waals surface area contributed by atoms with Crippen molar-refractivity contribution in [3.8, 4) is 0 Å². The number of halogens is 3. The summed E-state index contributed by atoms with van der Waals surface area (Å²) in [5, 5.41) is 0.